The van der Waals surface area contributed by atoms with Crippen molar-refractivity contribution in [3.05, 3.63) is 22.3 Å². The van der Waals surface area contributed by atoms with Crippen LogP contribution in [0.2, 0.25) is 0 Å². The SMILES string of the molecule is CC1=C(C)C(=O)C2=C(CCC(C)(C)C2)C1=O. The van der Waals surface area contributed by atoms with E-state index in [0.717, 1.165) is 30.4 Å². The number of hydrogen-bond donors (Lipinski definition) is 0. The third kappa shape index (κ3) is 1.57. The van der Waals surface area contributed by atoms with Gasteiger partial charge in [-0.05, 0) is 38.5 Å². The first-order valence-corrected chi connectivity index (χ1v) is 5.82. The van der Waals surface area contributed by atoms with Crippen LogP contribution >= 0.6 is 0 Å². The summed E-state index contributed by atoms with van der Waals surface area (Å²) in [5.41, 5.74) is 3.00. The summed E-state index contributed by atoms with van der Waals surface area (Å²) in [4.78, 5) is 24.2. The molecule has 0 spiro atoms. The van der Waals surface area contributed by atoms with Gasteiger partial charge in [-0.1, -0.05) is 13.8 Å². The molecule has 16 heavy (non-hydrogen) atoms. The summed E-state index contributed by atoms with van der Waals surface area (Å²) in [6.07, 6.45) is 2.51. The van der Waals surface area contributed by atoms with Crippen molar-refractivity contribution in [2.24, 2.45) is 5.41 Å². The predicted octanol–water partition coefficient (Wildman–Crippen LogP) is 2.98. The van der Waals surface area contributed by atoms with Crippen LogP contribution in [0.5, 0.6) is 0 Å². The van der Waals surface area contributed by atoms with Crippen molar-refractivity contribution < 1.29 is 9.59 Å². The quantitative estimate of drug-likeness (QED) is 0.586. The third-order valence-electron chi connectivity index (χ3n) is 3.86. The van der Waals surface area contributed by atoms with E-state index in [1.165, 1.54) is 0 Å². The molecule has 0 atom stereocenters. The Balaban J connectivity index is 2.48. The number of carbonyl (C=O) groups is 2. The Morgan fingerprint density at radius 3 is 2.00 bits per heavy atom. The van der Waals surface area contributed by atoms with Crippen LogP contribution < -0.4 is 0 Å². The molecule has 0 bridgehead atoms. The summed E-state index contributed by atoms with van der Waals surface area (Å²) in [5.74, 6) is 0.197. The van der Waals surface area contributed by atoms with Crippen LogP contribution in [0.25, 0.3) is 0 Å². The molecule has 0 radical (unpaired) electrons. The van der Waals surface area contributed by atoms with Crippen LogP contribution in [0.15, 0.2) is 22.3 Å². The predicted molar refractivity (Wildman–Crippen MR) is 63.0 cm³/mol. The molecule has 0 aromatic carbocycles. The second-order valence-corrected chi connectivity index (χ2v) is 5.71. The highest BCUT2D eigenvalue weighted by atomic mass is 16.1. The Labute approximate surface area is 96.4 Å². The van der Waals surface area contributed by atoms with E-state index in [0.29, 0.717) is 11.1 Å². The fraction of sp³-hybridized carbons (Fsp3) is 0.571. The fourth-order valence-corrected chi connectivity index (χ4v) is 2.55. The normalized spacial score (nSPS) is 25.0. The summed E-state index contributed by atoms with van der Waals surface area (Å²) in [6.45, 7) is 7.85. The number of allylic oxidation sites excluding steroid dienone is 4. The molecule has 0 aromatic rings. The molecule has 2 aliphatic carbocycles. The minimum Gasteiger partial charge on any atom is -0.289 e. The molecule has 0 saturated carbocycles. The minimum absolute atomic E-state index is 0.0971. The molecule has 0 unspecified atom stereocenters. The Kier molecular flexibility index (Phi) is 2.41. The summed E-state index contributed by atoms with van der Waals surface area (Å²) in [6, 6.07) is 0. The third-order valence-corrected chi connectivity index (χ3v) is 3.86. The maximum absolute atomic E-state index is 12.1. The number of carbonyl (C=O) groups excluding carboxylic acids is 2. The van der Waals surface area contributed by atoms with E-state index < -0.39 is 0 Å². The van der Waals surface area contributed by atoms with Crippen molar-refractivity contribution >= 4 is 11.6 Å². The van der Waals surface area contributed by atoms with Crippen LogP contribution in [-0.4, -0.2) is 11.6 Å². The topological polar surface area (TPSA) is 34.1 Å². The molecular weight excluding hydrogens is 200 g/mol. The van der Waals surface area contributed by atoms with Crippen molar-refractivity contribution in [2.75, 3.05) is 0 Å². The molecule has 0 heterocycles. The highest BCUT2D eigenvalue weighted by Gasteiger charge is 2.37. The minimum atomic E-state index is 0.0971. The molecule has 0 fully saturated rings. The Morgan fingerprint density at radius 2 is 1.44 bits per heavy atom. The van der Waals surface area contributed by atoms with Crippen molar-refractivity contribution in [3.63, 3.8) is 0 Å². The number of ketones is 2. The highest BCUT2D eigenvalue weighted by Crippen LogP contribution is 2.42. The van der Waals surface area contributed by atoms with Gasteiger partial charge >= 0.3 is 0 Å². The smallest absolute Gasteiger partial charge is 0.185 e. The van der Waals surface area contributed by atoms with Crippen molar-refractivity contribution in [1.82, 2.24) is 0 Å². The molecule has 2 nitrogen and oxygen atoms in total. The molecule has 2 aliphatic rings. The lowest BCUT2D eigenvalue weighted by Crippen LogP contribution is -2.29. The van der Waals surface area contributed by atoms with E-state index in [1.807, 2.05) is 0 Å². The van der Waals surface area contributed by atoms with E-state index in [1.54, 1.807) is 13.8 Å². The van der Waals surface area contributed by atoms with Crippen molar-refractivity contribution in [2.45, 2.75) is 47.0 Å². The van der Waals surface area contributed by atoms with Crippen LogP contribution in [-0.2, 0) is 9.59 Å². The summed E-state index contributed by atoms with van der Waals surface area (Å²) in [7, 11) is 0. The van der Waals surface area contributed by atoms with Gasteiger partial charge in [-0.15, -0.1) is 0 Å². The largest absolute Gasteiger partial charge is 0.289 e. The zero-order valence-corrected chi connectivity index (χ0v) is 10.4. The highest BCUT2D eigenvalue weighted by molar-refractivity contribution is 6.24. The number of hydrogen-bond acceptors (Lipinski definition) is 2. The Morgan fingerprint density at radius 1 is 0.938 bits per heavy atom. The molecular formula is C14H18O2. The molecule has 0 amide bonds. The molecule has 0 aromatic heterocycles. The lowest BCUT2D eigenvalue weighted by atomic mass is 9.69. The first-order valence-electron chi connectivity index (χ1n) is 5.82. The first kappa shape index (κ1) is 11.3. The zero-order chi connectivity index (χ0) is 12.1. The zero-order valence-electron chi connectivity index (χ0n) is 10.4. The van der Waals surface area contributed by atoms with Gasteiger partial charge in [0, 0.05) is 22.3 Å². The lowest BCUT2D eigenvalue weighted by molar-refractivity contribution is -0.117. The summed E-state index contributed by atoms with van der Waals surface area (Å²) < 4.78 is 0. The van der Waals surface area contributed by atoms with Gasteiger partial charge in [0.1, 0.15) is 0 Å². The van der Waals surface area contributed by atoms with E-state index in [-0.39, 0.29) is 17.0 Å². The van der Waals surface area contributed by atoms with Gasteiger partial charge in [0.15, 0.2) is 11.6 Å². The molecule has 86 valence electrons. The van der Waals surface area contributed by atoms with Gasteiger partial charge in [0.25, 0.3) is 0 Å². The summed E-state index contributed by atoms with van der Waals surface area (Å²) in [5, 5.41) is 0. The average molecular weight is 218 g/mol. The lowest BCUT2D eigenvalue weighted by Gasteiger charge is -2.34. The van der Waals surface area contributed by atoms with Gasteiger partial charge in [0.05, 0.1) is 0 Å². The number of rotatable bonds is 0. The van der Waals surface area contributed by atoms with E-state index in [2.05, 4.69) is 13.8 Å². The molecule has 0 saturated heterocycles. The molecule has 0 aliphatic heterocycles. The second-order valence-electron chi connectivity index (χ2n) is 5.71. The monoisotopic (exact) mass is 218 g/mol. The second kappa shape index (κ2) is 3.41. The molecule has 2 heteroatoms. The van der Waals surface area contributed by atoms with E-state index in [9.17, 15) is 9.59 Å². The van der Waals surface area contributed by atoms with Crippen LogP contribution in [0, 0.1) is 5.41 Å². The van der Waals surface area contributed by atoms with E-state index in [4.69, 9.17) is 0 Å². The molecule has 2 rings (SSSR count). The number of Topliss-reactive ketones (excluding diaryl/α,β-unsaturated/α-hetero) is 2. The first-order chi connectivity index (χ1) is 7.33. The van der Waals surface area contributed by atoms with Gasteiger partial charge in [0.2, 0.25) is 0 Å². The molecule has 0 N–H and O–H groups in total. The van der Waals surface area contributed by atoms with Crippen LogP contribution in [0.4, 0.5) is 0 Å². The average Bonchev–Trinajstić information content (AvgIpc) is 2.22. The van der Waals surface area contributed by atoms with Gasteiger partial charge < -0.3 is 0 Å². The van der Waals surface area contributed by atoms with Crippen LogP contribution in [0.3, 0.4) is 0 Å². The van der Waals surface area contributed by atoms with Gasteiger partial charge in [-0.2, -0.15) is 0 Å². The Bertz CT molecular complexity index is 447. The van der Waals surface area contributed by atoms with Crippen LogP contribution in [0.1, 0.15) is 47.0 Å². The van der Waals surface area contributed by atoms with Gasteiger partial charge in [-0.3, -0.25) is 9.59 Å². The van der Waals surface area contributed by atoms with Crippen molar-refractivity contribution in [1.29, 1.82) is 0 Å². The van der Waals surface area contributed by atoms with Gasteiger partial charge in [-0.25, -0.2) is 0 Å². The summed E-state index contributed by atoms with van der Waals surface area (Å²) >= 11 is 0. The standard InChI is InChI=1S/C14H18O2/c1-8-9(2)13(16)11-7-14(3,4)6-5-10(11)12(8)15/h5-7H2,1-4H3. The van der Waals surface area contributed by atoms with Crippen molar-refractivity contribution in [3.8, 4) is 0 Å². The Hall–Kier alpha value is -1.18. The fourth-order valence-electron chi connectivity index (χ4n) is 2.55. The maximum Gasteiger partial charge on any atom is 0.185 e. The maximum atomic E-state index is 12.1. The van der Waals surface area contributed by atoms with E-state index >= 15 is 0 Å².